The molecule has 0 spiro atoms. The number of hydrogen-bond acceptors (Lipinski definition) is 7. The molecule has 1 amide bonds. The molecule has 1 aliphatic carbocycles. The number of benzene rings is 3. The van der Waals surface area contributed by atoms with Crippen molar-refractivity contribution in [3.8, 4) is 27.8 Å². The second kappa shape index (κ2) is 11.0. The minimum Gasteiger partial charge on any atom is -0.497 e. The standard InChI is InChI=1S/C33H34N2O5S/c1-37-25-10-8-24(9-11-25)33(13-4-5-14-33)32(36)35-15-17-39-30-23(20-35)18-22(19-28(30)40-26-12-16-38-21-26)31-34-27-6-2-3-7-29(27)41-31/h2-3,6-11,18-19,26H,4-5,12-17,20-21H2,1H3. The van der Waals surface area contributed by atoms with Gasteiger partial charge in [0.2, 0.25) is 5.91 Å². The summed E-state index contributed by atoms with van der Waals surface area (Å²) in [5.74, 6) is 2.40. The number of methoxy groups -OCH3 is 1. The first-order valence-corrected chi connectivity index (χ1v) is 15.3. The second-order valence-electron chi connectivity index (χ2n) is 11.1. The summed E-state index contributed by atoms with van der Waals surface area (Å²) in [6.07, 6.45) is 4.61. The average molecular weight is 571 g/mol. The average Bonchev–Trinajstić information content (AvgIpc) is 3.76. The SMILES string of the molecule is COc1ccc(C2(C(=O)N3CCOc4c(cc(-c5nc6ccccc6s5)cc4OC4CCOC4)C3)CCCC2)cc1. The Morgan fingerprint density at radius 1 is 1.07 bits per heavy atom. The highest BCUT2D eigenvalue weighted by molar-refractivity contribution is 7.21. The van der Waals surface area contributed by atoms with E-state index >= 15 is 0 Å². The number of para-hydroxylation sites is 1. The number of carbonyl (C=O) groups excluding carboxylic acids is 1. The largest absolute Gasteiger partial charge is 0.497 e. The molecule has 7 rings (SSSR count). The lowest BCUT2D eigenvalue weighted by Crippen LogP contribution is -2.46. The highest BCUT2D eigenvalue weighted by Gasteiger charge is 2.45. The van der Waals surface area contributed by atoms with Gasteiger partial charge in [0.05, 0.1) is 42.5 Å². The van der Waals surface area contributed by atoms with Crippen molar-refractivity contribution in [3.63, 3.8) is 0 Å². The van der Waals surface area contributed by atoms with Gasteiger partial charge in [-0.15, -0.1) is 11.3 Å². The Bertz CT molecular complexity index is 1520. The molecular formula is C33H34N2O5S. The van der Waals surface area contributed by atoms with E-state index in [1.165, 1.54) is 0 Å². The summed E-state index contributed by atoms with van der Waals surface area (Å²) in [5.41, 5.74) is 3.44. The molecule has 1 unspecified atom stereocenters. The lowest BCUT2D eigenvalue weighted by molar-refractivity contribution is -0.138. The van der Waals surface area contributed by atoms with Gasteiger partial charge in [-0.2, -0.15) is 0 Å². The minimum absolute atomic E-state index is 0.0221. The van der Waals surface area contributed by atoms with Gasteiger partial charge in [-0.3, -0.25) is 4.79 Å². The van der Waals surface area contributed by atoms with Crippen LogP contribution in [0, 0.1) is 0 Å². The minimum atomic E-state index is -0.526. The zero-order valence-electron chi connectivity index (χ0n) is 23.3. The summed E-state index contributed by atoms with van der Waals surface area (Å²) >= 11 is 1.66. The van der Waals surface area contributed by atoms with Crippen molar-refractivity contribution < 1.29 is 23.7 Å². The van der Waals surface area contributed by atoms with Crippen molar-refractivity contribution in [2.75, 3.05) is 33.5 Å². The van der Waals surface area contributed by atoms with E-state index in [0.717, 1.165) is 75.5 Å². The molecule has 0 bridgehead atoms. The van der Waals surface area contributed by atoms with Crippen molar-refractivity contribution in [2.45, 2.75) is 50.2 Å². The molecule has 1 saturated carbocycles. The van der Waals surface area contributed by atoms with Crippen LogP contribution in [0.3, 0.4) is 0 Å². The Balaban J connectivity index is 1.26. The summed E-state index contributed by atoms with van der Waals surface area (Å²) in [6.45, 7) is 2.65. The first-order valence-electron chi connectivity index (χ1n) is 14.5. The number of rotatable bonds is 6. The topological polar surface area (TPSA) is 70.1 Å². The molecule has 0 radical (unpaired) electrons. The fourth-order valence-electron chi connectivity index (χ4n) is 6.47. The van der Waals surface area contributed by atoms with Gasteiger partial charge in [0.25, 0.3) is 0 Å². The number of hydrogen-bond donors (Lipinski definition) is 0. The molecular weight excluding hydrogens is 536 g/mol. The Labute approximate surface area is 244 Å². The molecule has 2 fully saturated rings. The molecule has 4 aromatic rings. The quantitative estimate of drug-likeness (QED) is 0.268. The zero-order chi connectivity index (χ0) is 27.8. The van der Waals surface area contributed by atoms with Crippen LogP contribution >= 0.6 is 11.3 Å². The summed E-state index contributed by atoms with van der Waals surface area (Å²) < 4.78 is 25.0. The van der Waals surface area contributed by atoms with Crippen molar-refractivity contribution in [3.05, 3.63) is 71.8 Å². The van der Waals surface area contributed by atoms with Crippen molar-refractivity contribution >= 4 is 27.5 Å². The second-order valence-corrected chi connectivity index (χ2v) is 12.2. The Morgan fingerprint density at radius 2 is 1.90 bits per heavy atom. The van der Waals surface area contributed by atoms with Crippen molar-refractivity contribution in [1.82, 2.24) is 9.88 Å². The number of amides is 1. The van der Waals surface area contributed by atoms with E-state index < -0.39 is 5.41 Å². The molecule has 3 heterocycles. The monoisotopic (exact) mass is 570 g/mol. The first-order chi connectivity index (χ1) is 20.1. The molecule has 1 atom stereocenters. The number of nitrogens with zero attached hydrogens (tertiary/aromatic N) is 2. The van der Waals surface area contributed by atoms with Gasteiger partial charge in [0.15, 0.2) is 11.5 Å². The van der Waals surface area contributed by atoms with E-state index in [4.69, 9.17) is 23.9 Å². The van der Waals surface area contributed by atoms with Gasteiger partial charge in [0.1, 0.15) is 23.5 Å². The van der Waals surface area contributed by atoms with Crippen LogP contribution in [0.5, 0.6) is 17.2 Å². The van der Waals surface area contributed by atoms with Gasteiger partial charge in [-0.05, 0) is 54.8 Å². The predicted octanol–water partition coefficient (Wildman–Crippen LogP) is 6.37. The predicted molar refractivity (Wildman–Crippen MR) is 159 cm³/mol. The van der Waals surface area contributed by atoms with E-state index in [-0.39, 0.29) is 12.0 Å². The van der Waals surface area contributed by atoms with Crippen LogP contribution in [-0.2, 0) is 21.5 Å². The number of thiazole rings is 1. The third kappa shape index (κ3) is 4.93. The highest BCUT2D eigenvalue weighted by atomic mass is 32.1. The molecule has 3 aromatic carbocycles. The molecule has 7 nitrogen and oxygen atoms in total. The number of aromatic nitrogens is 1. The Kier molecular flexibility index (Phi) is 7.04. The Morgan fingerprint density at radius 3 is 2.66 bits per heavy atom. The maximum atomic E-state index is 14.5. The molecule has 2 aliphatic heterocycles. The molecule has 212 valence electrons. The summed E-state index contributed by atoms with van der Waals surface area (Å²) in [6, 6.07) is 20.4. The summed E-state index contributed by atoms with van der Waals surface area (Å²) in [4.78, 5) is 21.4. The van der Waals surface area contributed by atoms with E-state index in [1.54, 1.807) is 18.4 Å². The smallest absolute Gasteiger partial charge is 0.233 e. The maximum Gasteiger partial charge on any atom is 0.233 e. The lowest BCUT2D eigenvalue weighted by Gasteiger charge is -2.34. The summed E-state index contributed by atoms with van der Waals surface area (Å²) in [7, 11) is 1.67. The van der Waals surface area contributed by atoms with Gasteiger partial charge in [-0.1, -0.05) is 37.1 Å². The number of fused-ring (bicyclic) bond motifs is 2. The summed E-state index contributed by atoms with van der Waals surface area (Å²) in [5, 5.41) is 0.925. The maximum absolute atomic E-state index is 14.5. The molecule has 0 N–H and O–H groups in total. The third-order valence-electron chi connectivity index (χ3n) is 8.62. The lowest BCUT2D eigenvalue weighted by atomic mass is 9.77. The van der Waals surface area contributed by atoms with Crippen LogP contribution in [0.4, 0.5) is 0 Å². The van der Waals surface area contributed by atoms with Crippen molar-refractivity contribution in [2.24, 2.45) is 0 Å². The molecule has 41 heavy (non-hydrogen) atoms. The van der Waals surface area contributed by atoms with Gasteiger partial charge in [-0.25, -0.2) is 4.98 Å². The molecule has 1 saturated heterocycles. The third-order valence-corrected chi connectivity index (χ3v) is 9.70. The van der Waals surface area contributed by atoms with Crippen LogP contribution in [0.1, 0.15) is 43.2 Å². The van der Waals surface area contributed by atoms with Gasteiger partial charge in [0, 0.05) is 24.1 Å². The van der Waals surface area contributed by atoms with Crippen LogP contribution in [0.25, 0.3) is 20.8 Å². The van der Waals surface area contributed by atoms with Gasteiger partial charge < -0.3 is 23.8 Å². The number of carbonyl (C=O) groups is 1. The van der Waals surface area contributed by atoms with Gasteiger partial charge >= 0.3 is 0 Å². The van der Waals surface area contributed by atoms with E-state index in [9.17, 15) is 4.79 Å². The van der Waals surface area contributed by atoms with E-state index in [1.807, 2.05) is 41.3 Å². The Hall–Kier alpha value is -3.62. The molecule has 8 heteroatoms. The van der Waals surface area contributed by atoms with Crippen LogP contribution in [0.15, 0.2) is 60.7 Å². The van der Waals surface area contributed by atoms with Crippen molar-refractivity contribution in [1.29, 1.82) is 0 Å². The highest BCUT2D eigenvalue weighted by Crippen LogP contribution is 2.45. The normalized spacial score (nSPS) is 19.9. The zero-order valence-corrected chi connectivity index (χ0v) is 24.1. The molecule has 3 aliphatic rings. The number of ether oxygens (including phenoxy) is 4. The van der Waals surface area contributed by atoms with Crippen LogP contribution in [0.2, 0.25) is 0 Å². The van der Waals surface area contributed by atoms with Crippen LogP contribution in [-0.4, -0.2) is 55.4 Å². The fourth-order valence-corrected chi connectivity index (χ4v) is 7.42. The molecule has 1 aromatic heterocycles. The van der Waals surface area contributed by atoms with E-state index in [2.05, 4.69) is 24.3 Å². The first kappa shape index (κ1) is 26.3. The fraction of sp³-hybridized carbons (Fsp3) is 0.394. The van der Waals surface area contributed by atoms with E-state index in [0.29, 0.717) is 38.7 Å². The van der Waals surface area contributed by atoms with Crippen LogP contribution < -0.4 is 14.2 Å².